The van der Waals surface area contributed by atoms with Gasteiger partial charge in [-0.3, -0.25) is 9.69 Å². The van der Waals surface area contributed by atoms with Crippen LogP contribution in [0.1, 0.15) is 5.69 Å². The van der Waals surface area contributed by atoms with E-state index in [0.717, 1.165) is 4.90 Å². The molecule has 4 nitrogen and oxygen atoms in total. The molecular weight excluding hydrogens is 378 g/mol. The molecule has 0 saturated carbocycles. The zero-order chi connectivity index (χ0) is 18.0. The van der Waals surface area contributed by atoms with Crippen LogP contribution in [0, 0.1) is 5.82 Å². The number of rotatable bonds is 3. The van der Waals surface area contributed by atoms with Gasteiger partial charge >= 0.3 is 12.1 Å². The van der Waals surface area contributed by atoms with Gasteiger partial charge < -0.3 is 5.32 Å². The van der Waals surface area contributed by atoms with Gasteiger partial charge in [-0.05, 0) is 30.3 Å². The quantitative estimate of drug-likeness (QED) is 0.788. The van der Waals surface area contributed by atoms with Crippen molar-refractivity contribution in [1.29, 1.82) is 0 Å². The zero-order valence-corrected chi connectivity index (χ0v) is 14.1. The number of hydrogen-bond donors (Lipinski definition) is 1. The summed E-state index contributed by atoms with van der Waals surface area (Å²) in [6.07, 6.45) is -3.45. The number of carbonyl (C=O) groups is 1. The lowest BCUT2D eigenvalue weighted by molar-refractivity contribution is -0.182. The molecule has 1 fully saturated rings. The summed E-state index contributed by atoms with van der Waals surface area (Å²) in [6, 6.07) is 5.69. The van der Waals surface area contributed by atoms with E-state index in [0.29, 0.717) is 22.3 Å². The van der Waals surface area contributed by atoms with Gasteiger partial charge in [0.15, 0.2) is 5.13 Å². The monoisotopic (exact) mass is 389 g/mol. The van der Waals surface area contributed by atoms with Gasteiger partial charge in [-0.1, -0.05) is 0 Å². The lowest BCUT2D eigenvalue weighted by Crippen LogP contribution is -2.38. The summed E-state index contributed by atoms with van der Waals surface area (Å²) >= 11 is 2.42. The van der Waals surface area contributed by atoms with Crippen LogP contribution >= 0.6 is 23.1 Å². The van der Waals surface area contributed by atoms with E-state index < -0.39 is 12.1 Å². The van der Waals surface area contributed by atoms with E-state index in [-0.39, 0.29) is 17.4 Å². The topological polar surface area (TPSA) is 45.2 Å². The van der Waals surface area contributed by atoms with Crippen LogP contribution in [-0.4, -0.2) is 34.3 Å². The molecule has 1 aromatic carbocycles. The van der Waals surface area contributed by atoms with Gasteiger partial charge in [0.05, 0.1) is 10.7 Å². The lowest BCUT2D eigenvalue weighted by atomic mass is 10.3. The molecule has 2 heterocycles. The number of thiazole rings is 1. The van der Waals surface area contributed by atoms with Gasteiger partial charge in [-0.15, -0.1) is 23.1 Å². The smallest absolute Gasteiger partial charge is 0.332 e. The van der Waals surface area contributed by atoms with Crippen molar-refractivity contribution in [2.24, 2.45) is 0 Å². The molecule has 0 radical (unpaired) electrons. The fourth-order valence-electron chi connectivity index (χ4n) is 2.10. The largest absolute Gasteiger partial charge is 0.471 e. The molecule has 0 bridgehead atoms. The summed E-state index contributed by atoms with van der Waals surface area (Å²) in [4.78, 5) is 16.4. The first kappa shape index (κ1) is 17.7. The highest BCUT2D eigenvalue weighted by atomic mass is 32.2. The Bertz CT molecular complexity index is 802. The molecule has 1 aromatic heterocycles. The molecule has 1 aliphatic rings. The Labute approximate surface area is 148 Å². The van der Waals surface area contributed by atoms with Crippen LogP contribution in [0.2, 0.25) is 0 Å². The molecule has 1 N–H and O–H groups in total. The molecule has 1 amide bonds. The first-order chi connectivity index (χ1) is 11.8. The Hall–Kier alpha value is -2.07. The summed E-state index contributed by atoms with van der Waals surface area (Å²) in [5.74, 6) is -1.83. The Kier molecular flexibility index (Phi) is 5.00. The van der Waals surface area contributed by atoms with Crippen molar-refractivity contribution in [2.45, 2.75) is 6.18 Å². The minimum Gasteiger partial charge on any atom is -0.332 e. The van der Waals surface area contributed by atoms with Gasteiger partial charge in [0.2, 0.25) is 0 Å². The molecule has 132 valence electrons. The van der Waals surface area contributed by atoms with E-state index >= 15 is 0 Å². The number of halogens is 4. The lowest BCUT2D eigenvalue weighted by Gasteiger charge is -2.18. The van der Waals surface area contributed by atoms with Crippen molar-refractivity contribution in [3.63, 3.8) is 0 Å². The van der Waals surface area contributed by atoms with Crippen molar-refractivity contribution in [2.75, 3.05) is 17.6 Å². The van der Waals surface area contributed by atoms with Crippen molar-refractivity contribution in [3.8, 4) is 0 Å². The number of anilines is 2. The van der Waals surface area contributed by atoms with E-state index in [1.807, 2.05) is 0 Å². The molecule has 0 unspecified atom stereocenters. The van der Waals surface area contributed by atoms with Crippen LogP contribution in [0.4, 0.5) is 28.4 Å². The van der Waals surface area contributed by atoms with Gasteiger partial charge in [-0.25, -0.2) is 9.37 Å². The van der Waals surface area contributed by atoms with Crippen LogP contribution in [-0.2, 0) is 4.79 Å². The van der Waals surface area contributed by atoms with Crippen LogP contribution < -0.4 is 5.32 Å². The molecule has 25 heavy (non-hydrogen) atoms. The van der Waals surface area contributed by atoms with Crippen molar-refractivity contribution < 1.29 is 22.4 Å². The van der Waals surface area contributed by atoms with Gasteiger partial charge in [0.25, 0.3) is 0 Å². The number of amides is 1. The third-order valence-corrected chi connectivity index (χ3v) is 5.00. The highest BCUT2D eigenvalue weighted by Crippen LogP contribution is 2.34. The van der Waals surface area contributed by atoms with Gasteiger partial charge in [-0.2, -0.15) is 13.2 Å². The molecule has 2 aromatic rings. The minimum atomic E-state index is -4.90. The summed E-state index contributed by atoms with van der Waals surface area (Å²) in [5, 5.41) is 5.37. The third-order valence-electron chi connectivity index (χ3n) is 3.21. The third kappa shape index (κ3) is 4.31. The average Bonchev–Trinajstić information content (AvgIpc) is 3.18. The number of aromatic nitrogens is 1. The second-order valence-corrected chi connectivity index (χ2v) is 6.97. The summed E-state index contributed by atoms with van der Waals surface area (Å²) in [6.45, 7) is 0.0136. The Morgan fingerprint density at radius 3 is 2.68 bits per heavy atom. The second-order valence-electron chi connectivity index (χ2n) is 5.00. The van der Waals surface area contributed by atoms with Gasteiger partial charge in [0, 0.05) is 23.4 Å². The van der Waals surface area contributed by atoms with E-state index in [9.17, 15) is 22.4 Å². The molecule has 1 saturated heterocycles. The van der Waals surface area contributed by atoms with Crippen molar-refractivity contribution in [3.05, 3.63) is 46.2 Å². The number of thioether (sulfide) groups is 1. The molecule has 1 aliphatic heterocycles. The second kappa shape index (κ2) is 7.04. The molecule has 10 heteroatoms. The Morgan fingerprint density at radius 2 is 2.00 bits per heavy atom. The van der Waals surface area contributed by atoms with Crippen molar-refractivity contribution in [1.82, 2.24) is 9.88 Å². The molecule has 3 rings (SSSR count). The molecule has 0 atom stereocenters. The van der Waals surface area contributed by atoms with Crippen LogP contribution in [0.25, 0.3) is 6.08 Å². The standard InChI is InChI=1S/C15H11F4N3OS2/c16-9-1-3-10(4-2-9)20-14-21-11(8-25-14)7-12-22(5-6-24-12)13(23)15(17,18)19/h1-4,7-8H,5-6H2,(H,20,21)/b12-7+. The maximum Gasteiger partial charge on any atom is 0.471 e. The highest BCUT2D eigenvalue weighted by molar-refractivity contribution is 8.03. The number of hydrogen-bond acceptors (Lipinski definition) is 5. The SMILES string of the molecule is O=C(N1CCS/C1=C/c1csc(Nc2ccc(F)cc2)n1)C(F)(F)F. The van der Waals surface area contributed by atoms with E-state index in [1.165, 1.54) is 41.3 Å². The zero-order valence-electron chi connectivity index (χ0n) is 12.5. The van der Waals surface area contributed by atoms with E-state index in [1.54, 1.807) is 17.5 Å². The first-order valence-electron chi connectivity index (χ1n) is 7.04. The predicted molar refractivity (Wildman–Crippen MR) is 90.0 cm³/mol. The van der Waals surface area contributed by atoms with Gasteiger partial charge in [0.1, 0.15) is 5.82 Å². The Morgan fingerprint density at radius 1 is 1.28 bits per heavy atom. The number of nitrogens with zero attached hydrogens (tertiary/aromatic N) is 2. The molecular formula is C15H11F4N3OS2. The van der Waals surface area contributed by atoms with Crippen LogP contribution in [0.15, 0.2) is 34.7 Å². The average molecular weight is 389 g/mol. The molecule has 0 aliphatic carbocycles. The maximum atomic E-state index is 12.9. The van der Waals surface area contributed by atoms with E-state index in [4.69, 9.17) is 0 Å². The molecule has 0 spiro atoms. The van der Waals surface area contributed by atoms with Crippen molar-refractivity contribution >= 4 is 45.9 Å². The summed E-state index contributed by atoms with van der Waals surface area (Å²) in [5.41, 5.74) is 1.08. The minimum absolute atomic E-state index is 0.0136. The normalized spacial score (nSPS) is 16.5. The number of nitrogens with one attached hydrogen (secondary N) is 1. The Balaban J connectivity index is 1.74. The van der Waals surface area contributed by atoms with Crippen LogP contribution in [0.5, 0.6) is 0 Å². The number of carbonyl (C=O) groups excluding carboxylic acids is 1. The fraction of sp³-hybridized carbons (Fsp3) is 0.200. The predicted octanol–water partition coefficient (Wildman–Crippen LogP) is 4.46. The maximum absolute atomic E-state index is 12.9. The highest BCUT2D eigenvalue weighted by Gasteiger charge is 2.44. The van der Waals surface area contributed by atoms with E-state index in [2.05, 4.69) is 10.3 Å². The number of benzene rings is 1. The fourth-order valence-corrected chi connectivity index (χ4v) is 3.80. The van der Waals surface area contributed by atoms with Crippen LogP contribution in [0.3, 0.4) is 0 Å². The summed E-state index contributed by atoms with van der Waals surface area (Å²) < 4.78 is 50.7. The number of alkyl halides is 3. The summed E-state index contributed by atoms with van der Waals surface area (Å²) in [7, 11) is 0. The first-order valence-corrected chi connectivity index (χ1v) is 8.91.